The van der Waals surface area contributed by atoms with E-state index in [9.17, 15) is 22.8 Å². The molecule has 0 radical (unpaired) electrons. The van der Waals surface area contributed by atoms with E-state index in [1.54, 1.807) is 33.8 Å². The highest BCUT2D eigenvalue weighted by Crippen LogP contribution is 2.32. The predicted octanol–water partition coefficient (Wildman–Crippen LogP) is 5.32. The van der Waals surface area contributed by atoms with Crippen molar-refractivity contribution in [1.82, 2.24) is 10.3 Å². The number of anilines is 2. The van der Waals surface area contributed by atoms with Crippen LogP contribution in [-0.4, -0.2) is 41.5 Å². The van der Waals surface area contributed by atoms with Gasteiger partial charge in [-0.15, -0.1) is 13.2 Å². The monoisotopic (exact) mass is 532 g/mol. The van der Waals surface area contributed by atoms with Crippen LogP contribution >= 0.6 is 15.9 Å². The molecule has 12 heteroatoms. The highest BCUT2D eigenvalue weighted by Gasteiger charge is 2.32. The van der Waals surface area contributed by atoms with Gasteiger partial charge in [-0.3, -0.25) is 4.79 Å². The third kappa shape index (κ3) is 9.56. The summed E-state index contributed by atoms with van der Waals surface area (Å²) in [6, 6.07) is 6.62. The van der Waals surface area contributed by atoms with Gasteiger partial charge in [-0.05, 0) is 67.9 Å². The summed E-state index contributed by atoms with van der Waals surface area (Å²) in [5, 5.41) is 8.20. The molecule has 2 rings (SSSR count). The van der Waals surface area contributed by atoms with Crippen LogP contribution in [0.2, 0.25) is 0 Å². The number of aromatic nitrogens is 1. The molecule has 1 atom stereocenters. The molecule has 180 valence electrons. The molecule has 8 nitrogen and oxygen atoms in total. The summed E-state index contributed by atoms with van der Waals surface area (Å²) in [6.07, 6.45) is -4.08. The van der Waals surface area contributed by atoms with Crippen molar-refractivity contribution in [2.45, 2.75) is 45.7 Å². The highest BCUT2D eigenvalue weighted by molar-refractivity contribution is 9.10. The van der Waals surface area contributed by atoms with Crippen LogP contribution in [0.15, 0.2) is 41.0 Å². The van der Waals surface area contributed by atoms with E-state index >= 15 is 0 Å². The maximum Gasteiger partial charge on any atom is 0.573 e. The molecule has 0 aliphatic rings. The number of rotatable bonds is 7. The number of pyridine rings is 1. The fraction of sp³-hybridized carbons (Fsp3) is 0.381. The Morgan fingerprint density at radius 2 is 1.85 bits per heavy atom. The Hall–Kier alpha value is -3.02. The Morgan fingerprint density at radius 3 is 2.42 bits per heavy atom. The van der Waals surface area contributed by atoms with Gasteiger partial charge in [0.05, 0.1) is 10.0 Å². The summed E-state index contributed by atoms with van der Waals surface area (Å²) in [5.74, 6) is -0.574. The Bertz CT molecular complexity index is 979. The predicted molar refractivity (Wildman–Crippen MR) is 120 cm³/mol. The molecule has 0 aliphatic carbocycles. The number of nitrogens with zero attached hydrogens (tertiary/aromatic N) is 1. The van der Waals surface area contributed by atoms with E-state index in [-0.39, 0.29) is 21.8 Å². The zero-order valence-electron chi connectivity index (χ0n) is 18.3. The van der Waals surface area contributed by atoms with Crippen LogP contribution in [0.25, 0.3) is 0 Å². The molecule has 0 bridgehead atoms. The molecule has 0 saturated carbocycles. The van der Waals surface area contributed by atoms with E-state index in [0.29, 0.717) is 12.4 Å². The van der Waals surface area contributed by atoms with Gasteiger partial charge in [0.1, 0.15) is 17.2 Å². The summed E-state index contributed by atoms with van der Waals surface area (Å²) in [6.45, 7) is 7.45. The van der Waals surface area contributed by atoms with Crippen LogP contribution in [0.4, 0.5) is 29.5 Å². The summed E-state index contributed by atoms with van der Waals surface area (Å²) in [4.78, 5) is 28.3. The van der Waals surface area contributed by atoms with Crippen molar-refractivity contribution in [3.8, 4) is 5.75 Å². The number of alkyl halides is 3. The molecule has 1 aromatic heterocycles. The van der Waals surface area contributed by atoms with Gasteiger partial charge < -0.3 is 25.4 Å². The van der Waals surface area contributed by atoms with Gasteiger partial charge in [0, 0.05) is 30.5 Å². The highest BCUT2D eigenvalue weighted by atomic mass is 79.9. The minimum absolute atomic E-state index is 0.0882. The lowest BCUT2D eigenvalue weighted by molar-refractivity contribution is -0.274. The first-order valence-electron chi connectivity index (χ1n) is 9.78. The standard InChI is InChI=1S/C21H24BrF3N4O4/c1-12(28-19(31)33-20(2,3)4)10-26-17-8-5-13(11-27-17)18(30)29-14-6-7-15(22)16(9-14)32-21(23,24)25/h5-9,11-12H,10H2,1-4H3,(H,26,27)(H,28,31)(H,29,30)/t12-/m0/s1. The van der Waals surface area contributed by atoms with Gasteiger partial charge in [-0.25, -0.2) is 9.78 Å². The van der Waals surface area contributed by atoms with Crippen molar-refractivity contribution in [3.05, 3.63) is 46.6 Å². The summed E-state index contributed by atoms with van der Waals surface area (Å²) in [5.41, 5.74) is -0.286. The molecule has 2 amide bonds. The zero-order chi connectivity index (χ0) is 24.8. The van der Waals surface area contributed by atoms with E-state index in [4.69, 9.17) is 4.74 Å². The molecular formula is C21H24BrF3N4O4. The third-order valence-corrected chi connectivity index (χ3v) is 4.45. The molecule has 0 unspecified atom stereocenters. The average molecular weight is 533 g/mol. The maximum atomic E-state index is 12.5. The number of nitrogens with one attached hydrogen (secondary N) is 3. The van der Waals surface area contributed by atoms with Gasteiger partial charge in [0.15, 0.2) is 0 Å². The fourth-order valence-electron chi connectivity index (χ4n) is 2.44. The van der Waals surface area contributed by atoms with Crippen LogP contribution in [-0.2, 0) is 4.74 Å². The third-order valence-electron chi connectivity index (χ3n) is 3.79. The Labute approximate surface area is 197 Å². The molecule has 0 aliphatic heterocycles. The number of carbonyl (C=O) groups is 2. The van der Waals surface area contributed by atoms with Crippen molar-refractivity contribution >= 4 is 39.4 Å². The lowest BCUT2D eigenvalue weighted by Crippen LogP contribution is -2.40. The normalized spacial score (nSPS) is 12.5. The van der Waals surface area contributed by atoms with Gasteiger partial charge in [-0.1, -0.05) is 0 Å². The molecule has 1 aromatic carbocycles. The topological polar surface area (TPSA) is 102 Å². The van der Waals surface area contributed by atoms with Gasteiger partial charge in [-0.2, -0.15) is 0 Å². The zero-order valence-corrected chi connectivity index (χ0v) is 19.9. The molecular weight excluding hydrogens is 509 g/mol. The average Bonchev–Trinajstić information content (AvgIpc) is 2.66. The number of benzene rings is 1. The Balaban J connectivity index is 1.91. The number of hydrogen-bond donors (Lipinski definition) is 3. The molecule has 2 aromatic rings. The Kier molecular flexibility index (Phi) is 8.53. The van der Waals surface area contributed by atoms with Crippen molar-refractivity contribution in [2.75, 3.05) is 17.2 Å². The second kappa shape index (κ2) is 10.7. The second-order valence-corrected chi connectivity index (χ2v) is 8.86. The number of hydrogen-bond acceptors (Lipinski definition) is 6. The minimum atomic E-state index is -4.86. The summed E-state index contributed by atoms with van der Waals surface area (Å²) >= 11 is 2.97. The van der Waals surface area contributed by atoms with Crippen LogP contribution in [0.5, 0.6) is 5.75 Å². The van der Waals surface area contributed by atoms with Crippen LogP contribution in [0, 0.1) is 0 Å². The van der Waals surface area contributed by atoms with Gasteiger partial charge in [0.25, 0.3) is 5.91 Å². The van der Waals surface area contributed by atoms with E-state index < -0.39 is 29.7 Å². The number of carbonyl (C=O) groups excluding carboxylic acids is 2. The smallest absolute Gasteiger partial charge is 0.444 e. The quantitative estimate of drug-likeness (QED) is 0.446. The van der Waals surface area contributed by atoms with Crippen LogP contribution in [0.1, 0.15) is 38.1 Å². The lowest BCUT2D eigenvalue weighted by atomic mass is 10.2. The van der Waals surface area contributed by atoms with Crippen LogP contribution in [0.3, 0.4) is 0 Å². The van der Waals surface area contributed by atoms with Gasteiger partial charge >= 0.3 is 12.5 Å². The summed E-state index contributed by atoms with van der Waals surface area (Å²) < 4.78 is 46.7. The summed E-state index contributed by atoms with van der Waals surface area (Å²) in [7, 11) is 0. The first-order chi connectivity index (χ1) is 15.2. The first kappa shape index (κ1) is 26.2. The Morgan fingerprint density at radius 1 is 1.15 bits per heavy atom. The molecule has 33 heavy (non-hydrogen) atoms. The number of alkyl carbamates (subject to hydrolysis) is 1. The van der Waals surface area contributed by atoms with Crippen molar-refractivity contribution < 1.29 is 32.2 Å². The molecule has 0 saturated heterocycles. The van der Waals surface area contributed by atoms with Crippen molar-refractivity contribution in [3.63, 3.8) is 0 Å². The minimum Gasteiger partial charge on any atom is -0.444 e. The largest absolute Gasteiger partial charge is 0.573 e. The van der Waals surface area contributed by atoms with Crippen molar-refractivity contribution in [2.24, 2.45) is 0 Å². The lowest BCUT2D eigenvalue weighted by Gasteiger charge is -2.22. The first-order valence-corrected chi connectivity index (χ1v) is 10.6. The van der Waals surface area contributed by atoms with E-state index in [1.165, 1.54) is 24.4 Å². The number of amides is 2. The molecule has 0 spiro atoms. The van der Waals surface area contributed by atoms with E-state index in [2.05, 4.69) is 41.6 Å². The fourth-order valence-corrected chi connectivity index (χ4v) is 2.77. The number of ether oxygens (including phenoxy) is 2. The van der Waals surface area contributed by atoms with E-state index in [1.807, 2.05) is 0 Å². The number of halogens is 4. The molecule has 3 N–H and O–H groups in total. The maximum absolute atomic E-state index is 12.5. The van der Waals surface area contributed by atoms with Crippen molar-refractivity contribution in [1.29, 1.82) is 0 Å². The van der Waals surface area contributed by atoms with E-state index in [0.717, 1.165) is 6.07 Å². The molecule has 0 fully saturated rings. The van der Waals surface area contributed by atoms with Gasteiger partial charge in [0.2, 0.25) is 0 Å². The SMILES string of the molecule is C[C@@H](CNc1ccc(C(=O)Nc2ccc(Br)c(OC(F)(F)F)c2)cn1)NC(=O)OC(C)(C)C. The molecule has 1 heterocycles. The second-order valence-electron chi connectivity index (χ2n) is 8.01. The van der Waals surface area contributed by atoms with Crippen LogP contribution < -0.4 is 20.7 Å².